The van der Waals surface area contributed by atoms with Crippen LogP contribution < -0.4 is 5.32 Å². The third-order valence-corrected chi connectivity index (χ3v) is 3.04. The van der Waals surface area contributed by atoms with E-state index in [1.54, 1.807) is 18.2 Å². The van der Waals surface area contributed by atoms with E-state index in [2.05, 4.69) is 10.3 Å². The Kier molecular flexibility index (Phi) is 5.05. The Balaban J connectivity index is 1.91. The van der Waals surface area contributed by atoms with Crippen molar-refractivity contribution in [2.24, 2.45) is 0 Å². The van der Waals surface area contributed by atoms with Gasteiger partial charge in [0.05, 0.1) is 11.6 Å². The predicted molar refractivity (Wildman–Crippen MR) is 76.2 cm³/mol. The number of pyridine rings is 1. The molecule has 1 heterocycles. The molecule has 0 spiro atoms. The van der Waals surface area contributed by atoms with Gasteiger partial charge in [-0.3, -0.25) is 5.32 Å². The van der Waals surface area contributed by atoms with Gasteiger partial charge in [0.2, 0.25) is 0 Å². The van der Waals surface area contributed by atoms with Crippen molar-refractivity contribution >= 4 is 23.4 Å². The monoisotopic (exact) mass is 311 g/mol. The molecule has 1 N–H and O–H groups in total. The van der Waals surface area contributed by atoms with Crippen LogP contribution in [0.1, 0.15) is 5.56 Å². The smallest absolute Gasteiger partial charge is 0.289 e. The summed E-state index contributed by atoms with van der Waals surface area (Å²) in [6, 6.07) is 8.11. The molecule has 0 saturated heterocycles. The van der Waals surface area contributed by atoms with Crippen LogP contribution in [-0.2, 0) is 6.42 Å². The van der Waals surface area contributed by atoms with Crippen LogP contribution in [0.2, 0.25) is 5.02 Å². The molecule has 2 rings (SSSR count). The number of nitrogens with one attached hydrogen (secondary N) is 1. The predicted octanol–water partition coefficient (Wildman–Crippen LogP) is 3.84. The van der Waals surface area contributed by atoms with Crippen molar-refractivity contribution in [3.63, 3.8) is 0 Å². The Hall–Kier alpha value is -2.21. The van der Waals surface area contributed by atoms with Gasteiger partial charge in [-0.1, -0.05) is 34.3 Å². The van der Waals surface area contributed by atoms with E-state index in [0.717, 1.165) is 0 Å². The van der Waals surface area contributed by atoms with Gasteiger partial charge in [-0.15, -0.1) is 0 Å². The molecule has 7 heteroatoms. The van der Waals surface area contributed by atoms with Crippen molar-refractivity contribution < 1.29 is 13.7 Å². The summed E-state index contributed by atoms with van der Waals surface area (Å²) in [5.41, 5.74) is 0.337. The summed E-state index contributed by atoms with van der Waals surface area (Å²) >= 11 is 5.80. The van der Waals surface area contributed by atoms with E-state index < -0.39 is 11.8 Å². The van der Waals surface area contributed by atoms with Crippen LogP contribution in [0.25, 0.3) is 0 Å². The molecule has 0 radical (unpaired) electrons. The number of carbonyl (C=O) groups excluding carboxylic acids is 1. The molecule has 0 saturated carbocycles. The zero-order valence-corrected chi connectivity index (χ0v) is 11.6. The highest BCUT2D eigenvalue weighted by molar-refractivity contribution is 6.33. The number of hydrogen-bond acceptors (Lipinski definition) is 2. The van der Waals surface area contributed by atoms with Crippen molar-refractivity contribution in [2.75, 3.05) is 11.9 Å². The first-order chi connectivity index (χ1) is 10.1. The molecule has 1 aromatic heterocycles. The fourth-order valence-electron chi connectivity index (χ4n) is 1.66. The zero-order valence-electron chi connectivity index (χ0n) is 10.9. The highest BCUT2D eigenvalue weighted by Gasteiger charge is 2.15. The summed E-state index contributed by atoms with van der Waals surface area (Å²) in [4.78, 5) is 15.4. The Morgan fingerprint density at radius 3 is 2.76 bits per heavy atom. The maximum atomic E-state index is 13.7. The second-order valence-electron chi connectivity index (χ2n) is 4.19. The molecule has 0 fully saturated rings. The third kappa shape index (κ3) is 4.13. The first-order valence-corrected chi connectivity index (χ1v) is 6.54. The van der Waals surface area contributed by atoms with E-state index in [9.17, 15) is 13.7 Å². The van der Waals surface area contributed by atoms with Gasteiger partial charge in [-0.2, -0.15) is 5.12 Å². The molecule has 4 nitrogen and oxygen atoms in total. The maximum absolute atomic E-state index is 13.7. The Morgan fingerprint density at radius 2 is 2.05 bits per heavy atom. The van der Waals surface area contributed by atoms with Gasteiger partial charge in [0.15, 0.2) is 5.82 Å². The summed E-state index contributed by atoms with van der Waals surface area (Å²) in [5.74, 6) is -0.364. The Morgan fingerprint density at radius 1 is 1.29 bits per heavy atom. The number of benzene rings is 1. The van der Waals surface area contributed by atoms with Gasteiger partial charge in [-0.05, 0) is 30.2 Å². The highest BCUT2D eigenvalue weighted by Crippen LogP contribution is 2.18. The Bertz CT molecular complexity index is 639. The van der Waals surface area contributed by atoms with Crippen molar-refractivity contribution in [3.8, 4) is 0 Å². The van der Waals surface area contributed by atoms with Crippen molar-refractivity contribution in [3.05, 3.63) is 59.0 Å². The van der Waals surface area contributed by atoms with E-state index in [1.807, 2.05) is 0 Å². The van der Waals surface area contributed by atoms with E-state index in [4.69, 9.17) is 11.6 Å². The van der Waals surface area contributed by atoms with Crippen molar-refractivity contribution in [2.45, 2.75) is 6.42 Å². The first kappa shape index (κ1) is 15.2. The number of carbonyl (C=O) groups is 1. The molecular formula is C14H12ClF2N3O. The van der Waals surface area contributed by atoms with E-state index >= 15 is 0 Å². The topological polar surface area (TPSA) is 45.2 Å². The van der Waals surface area contributed by atoms with Crippen LogP contribution in [0, 0.1) is 5.82 Å². The highest BCUT2D eigenvalue weighted by atomic mass is 35.5. The molecule has 21 heavy (non-hydrogen) atoms. The standard InChI is InChI=1S/C14H12ClF2N3O/c15-11-5-3-8-18-13(11)19-14(21)20(17)9-7-10-4-1-2-6-12(10)16/h1-6,8H,7,9H2,(H,18,19,21). The van der Waals surface area contributed by atoms with Gasteiger partial charge in [0, 0.05) is 6.20 Å². The number of amides is 2. The number of hydrogen-bond donors (Lipinski definition) is 1. The van der Waals surface area contributed by atoms with Gasteiger partial charge in [0.25, 0.3) is 0 Å². The van der Waals surface area contributed by atoms with Crippen LogP contribution in [-0.4, -0.2) is 22.7 Å². The molecule has 2 aromatic rings. The molecule has 0 unspecified atom stereocenters. The number of aromatic nitrogens is 1. The fourth-order valence-corrected chi connectivity index (χ4v) is 1.83. The summed E-state index contributed by atoms with van der Waals surface area (Å²) in [5, 5.41) is 2.39. The van der Waals surface area contributed by atoms with Crippen LogP contribution in [0.3, 0.4) is 0 Å². The summed E-state index contributed by atoms with van der Waals surface area (Å²) in [6.07, 6.45) is 1.48. The molecule has 110 valence electrons. The van der Waals surface area contributed by atoms with Crippen LogP contribution in [0.4, 0.5) is 19.5 Å². The van der Waals surface area contributed by atoms with Crippen LogP contribution in [0.5, 0.6) is 0 Å². The minimum absolute atomic E-state index is 0.0442. The average Bonchev–Trinajstić information content (AvgIpc) is 2.48. The molecule has 2 amide bonds. The largest absolute Gasteiger partial charge is 0.351 e. The number of nitrogens with zero attached hydrogens (tertiary/aromatic N) is 2. The summed E-state index contributed by atoms with van der Waals surface area (Å²) in [7, 11) is 0. The third-order valence-electron chi connectivity index (χ3n) is 2.74. The SMILES string of the molecule is O=C(Nc1ncccc1Cl)N(F)CCc1ccccc1F. The average molecular weight is 312 g/mol. The van der Waals surface area contributed by atoms with E-state index in [1.165, 1.54) is 24.4 Å². The van der Waals surface area contributed by atoms with Crippen LogP contribution in [0.15, 0.2) is 42.6 Å². The molecule has 0 aliphatic heterocycles. The van der Waals surface area contributed by atoms with Crippen molar-refractivity contribution in [1.29, 1.82) is 0 Å². The lowest BCUT2D eigenvalue weighted by Crippen LogP contribution is -2.30. The number of rotatable bonds is 4. The van der Waals surface area contributed by atoms with Gasteiger partial charge in [0.1, 0.15) is 5.82 Å². The second-order valence-corrected chi connectivity index (χ2v) is 4.60. The normalized spacial score (nSPS) is 10.2. The quantitative estimate of drug-likeness (QED) is 0.872. The number of urea groups is 1. The Labute approximate surface area is 125 Å². The second kappa shape index (κ2) is 6.99. The number of anilines is 1. The van der Waals surface area contributed by atoms with Crippen LogP contribution >= 0.6 is 11.6 Å². The fraction of sp³-hybridized carbons (Fsp3) is 0.143. The molecule has 0 bridgehead atoms. The zero-order chi connectivity index (χ0) is 15.2. The molecule has 0 aliphatic rings. The molecule has 1 aromatic carbocycles. The molecule has 0 atom stereocenters. The van der Waals surface area contributed by atoms with E-state index in [0.29, 0.717) is 5.56 Å². The number of halogens is 3. The van der Waals surface area contributed by atoms with Gasteiger partial charge < -0.3 is 0 Å². The minimum Gasteiger partial charge on any atom is -0.289 e. The minimum atomic E-state index is -1.01. The lowest BCUT2D eigenvalue weighted by atomic mass is 10.1. The molecule has 0 aliphatic carbocycles. The first-order valence-electron chi connectivity index (χ1n) is 6.16. The maximum Gasteiger partial charge on any atom is 0.351 e. The van der Waals surface area contributed by atoms with Crippen molar-refractivity contribution in [1.82, 2.24) is 10.1 Å². The van der Waals surface area contributed by atoms with Gasteiger partial charge >= 0.3 is 6.03 Å². The lowest BCUT2D eigenvalue weighted by molar-refractivity contribution is 0.0763. The molecular weight excluding hydrogens is 300 g/mol. The van der Waals surface area contributed by atoms with Gasteiger partial charge in [-0.25, -0.2) is 14.2 Å². The lowest BCUT2D eigenvalue weighted by Gasteiger charge is -2.13. The summed E-state index contributed by atoms with van der Waals surface area (Å²) in [6.45, 7) is -0.281. The summed E-state index contributed by atoms with van der Waals surface area (Å²) < 4.78 is 27.0. The van der Waals surface area contributed by atoms with E-state index in [-0.39, 0.29) is 28.9 Å².